The standard InChI is InChI=1S/C19H21Cl3O2/c1-12-8-13(2)18(10-15(12)20)23-6-4-5-7-24-19-11-17(22)16(21)9-14(19)3/h8-11H,4-7H2,1-3H3. The van der Waals surface area contributed by atoms with Gasteiger partial charge in [-0.1, -0.05) is 40.9 Å². The van der Waals surface area contributed by atoms with Crippen molar-refractivity contribution >= 4 is 34.8 Å². The van der Waals surface area contributed by atoms with Gasteiger partial charge in [0.2, 0.25) is 0 Å². The summed E-state index contributed by atoms with van der Waals surface area (Å²) < 4.78 is 11.6. The second-order valence-corrected chi connectivity index (χ2v) is 7.02. The van der Waals surface area contributed by atoms with Crippen LogP contribution in [0.4, 0.5) is 0 Å². The molecule has 2 aromatic rings. The third-order valence-electron chi connectivity index (χ3n) is 3.73. The van der Waals surface area contributed by atoms with Crippen molar-refractivity contribution in [3.63, 3.8) is 0 Å². The van der Waals surface area contributed by atoms with E-state index in [0.29, 0.717) is 23.3 Å². The molecule has 0 aromatic heterocycles. The highest BCUT2D eigenvalue weighted by Crippen LogP contribution is 2.30. The Morgan fingerprint density at radius 2 is 1.08 bits per heavy atom. The Morgan fingerprint density at radius 1 is 0.625 bits per heavy atom. The number of unbranched alkanes of at least 4 members (excludes halogenated alkanes) is 1. The summed E-state index contributed by atoms with van der Waals surface area (Å²) in [7, 11) is 0. The zero-order chi connectivity index (χ0) is 17.7. The van der Waals surface area contributed by atoms with Crippen molar-refractivity contribution in [2.75, 3.05) is 13.2 Å². The van der Waals surface area contributed by atoms with Gasteiger partial charge in [0.15, 0.2) is 0 Å². The van der Waals surface area contributed by atoms with Gasteiger partial charge < -0.3 is 9.47 Å². The Bertz CT molecular complexity index is 653. The summed E-state index contributed by atoms with van der Waals surface area (Å²) in [6.07, 6.45) is 1.78. The van der Waals surface area contributed by atoms with Crippen LogP contribution in [0.25, 0.3) is 0 Å². The van der Waals surface area contributed by atoms with E-state index in [1.165, 1.54) is 0 Å². The van der Waals surface area contributed by atoms with Crippen molar-refractivity contribution in [1.29, 1.82) is 0 Å². The Hall–Kier alpha value is -1.09. The first-order valence-electron chi connectivity index (χ1n) is 7.86. The van der Waals surface area contributed by atoms with Gasteiger partial charge in [-0.25, -0.2) is 0 Å². The van der Waals surface area contributed by atoms with Crippen molar-refractivity contribution in [3.05, 3.63) is 56.0 Å². The van der Waals surface area contributed by atoms with E-state index < -0.39 is 0 Å². The molecule has 2 nitrogen and oxygen atoms in total. The Kier molecular flexibility index (Phi) is 7.09. The smallest absolute Gasteiger partial charge is 0.123 e. The molecule has 0 saturated carbocycles. The highest BCUT2D eigenvalue weighted by atomic mass is 35.5. The molecule has 0 aliphatic rings. The van der Waals surface area contributed by atoms with E-state index in [-0.39, 0.29) is 0 Å². The Labute approximate surface area is 158 Å². The normalized spacial score (nSPS) is 10.8. The summed E-state index contributed by atoms with van der Waals surface area (Å²) in [4.78, 5) is 0. The second kappa shape index (κ2) is 8.84. The van der Waals surface area contributed by atoms with Gasteiger partial charge >= 0.3 is 0 Å². The van der Waals surface area contributed by atoms with Gasteiger partial charge in [-0.3, -0.25) is 0 Å². The molecule has 24 heavy (non-hydrogen) atoms. The quantitative estimate of drug-likeness (QED) is 0.486. The molecule has 0 aliphatic carbocycles. The van der Waals surface area contributed by atoms with Gasteiger partial charge in [0, 0.05) is 11.1 Å². The molecule has 0 radical (unpaired) electrons. The van der Waals surface area contributed by atoms with Crippen LogP contribution in [0.3, 0.4) is 0 Å². The maximum absolute atomic E-state index is 6.13. The van der Waals surface area contributed by atoms with E-state index >= 15 is 0 Å². The summed E-state index contributed by atoms with van der Waals surface area (Å²) in [6, 6.07) is 7.48. The molecular formula is C19H21Cl3O2. The topological polar surface area (TPSA) is 18.5 Å². The van der Waals surface area contributed by atoms with Crippen molar-refractivity contribution in [3.8, 4) is 11.5 Å². The van der Waals surface area contributed by atoms with Crippen LogP contribution in [0.2, 0.25) is 15.1 Å². The first kappa shape index (κ1) is 19.2. The number of halogens is 3. The fraction of sp³-hybridized carbons (Fsp3) is 0.368. The van der Waals surface area contributed by atoms with Gasteiger partial charge in [-0.2, -0.15) is 0 Å². The first-order valence-corrected chi connectivity index (χ1v) is 9.00. The van der Waals surface area contributed by atoms with Gasteiger partial charge in [0.1, 0.15) is 11.5 Å². The largest absolute Gasteiger partial charge is 0.493 e. The molecule has 0 aliphatic heterocycles. The molecule has 2 aromatic carbocycles. The lowest BCUT2D eigenvalue weighted by Gasteiger charge is -2.12. The number of rotatable bonds is 7. The van der Waals surface area contributed by atoms with Crippen LogP contribution in [0.5, 0.6) is 11.5 Å². The molecule has 0 bridgehead atoms. The maximum atomic E-state index is 6.13. The van der Waals surface area contributed by atoms with Crippen molar-refractivity contribution < 1.29 is 9.47 Å². The van der Waals surface area contributed by atoms with E-state index in [9.17, 15) is 0 Å². The maximum Gasteiger partial charge on any atom is 0.123 e. The molecule has 130 valence electrons. The zero-order valence-corrected chi connectivity index (χ0v) is 16.4. The van der Waals surface area contributed by atoms with Crippen molar-refractivity contribution in [2.24, 2.45) is 0 Å². The van der Waals surface area contributed by atoms with Gasteiger partial charge in [-0.05, 0) is 62.4 Å². The van der Waals surface area contributed by atoms with Gasteiger partial charge in [0.25, 0.3) is 0 Å². The van der Waals surface area contributed by atoms with Crippen LogP contribution in [-0.4, -0.2) is 13.2 Å². The van der Waals surface area contributed by atoms with Crippen LogP contribution in [0.15, 0.2) is 24.3 Å². The minimum absolute atomic E-state index is 0.507. The summed E-state index contributed by atoms with van der Waals surface area (Å²) in [5, 5.41) is 1.78. The van der Waals surface area contributed by atoms with E-state index in [1.807, 2.05) is 39.0 Å². The van der Waals surface area contributed by atoms with Crippen LogP contribution < -0.4 is 9.47 Å². The van der Waals surface area contributed by atoms with Crippen LogP contribution in [0, 0.1) is 20.8 Å². The molecule has 0 spiro atoms. The third kappa shape index (κ3) is 5.20. The minimum Gasteiger partial charge on any atom is -0.493 e. The summed E-state index contributed by atoms with van der Waals surface area (Å²) in [5.74, 6) is 1.61. The average Bonchev–Trinajstić information content (AvgIpc) is 2.52. The van der Waals surface area contributed by atoms with Gasteiger partial charge in [-0.15, -0.1) is 0 Å². The molecule has 0 atom stereocenters. The SMILES string of the molecule is Cc1cc(C)c(OCCCCOc2cc(Cl)c(Cl)cc2C)cc1Cl. The highest BCUT2D eigenvalue weighted by molar-refractivity contribution is 6.42. The summed E-state index contributed by atoms with van der Waals surface area (Å²) >= 11 is 18.1. The molecule has 5 heteroatoms. The molecule has 2 rings (SSSR count). The number of hydrogen-bond acceptors (Lipinski definition) is 2. The molecule has 0 heterocycles. The molecular weight excluding hydrogens is 367 g/mol. The summed E-state index contributed by atoms with van der Waals surface area (Å²) in [6.45, 7) is 7.20. The fourth-order valence-electron chi connectivity index (χ4n) is 2.32. The first-order chi connectivity index (χ1) is 11.4. The summed E-state index contributed by atoms with van der Waals surface area (Å²) in [5.41, 5.74) is 3.14. The van der Waals surface area contributed by atoms with E-state index in [4.69, 9.17) is 44.3 Å². The van der Waals surface area contributed by atoms with Gasteiger partial charge in [0.05, 0.1) is 23.3 Å². The highest BCUT2D eigenvalue weighted by Gasteiger charge is 2.06. The second-order valence-electron chi connectivity index (χ2n) is 5.80. The molecule has 0 fully saturated rings. The number of benzene rings is 2. The molecule has 0 amide bonds. The zero-order valence-electron chi connectivity index (χ0n) is 14.1. The van der Waals surface area contributed by atoms with E-state index in [0.717, 1.165) is 46.1 Å². The number of hydrogen-bond donors (Lipinski definition) is 0. The van der Waals surface area contributed by atoms with Crippen molar-refractivity contribution in [1.82, 2.24) is 0 Å². The van der Waals surface area contributed by atoms with Crippen LogP contribution in [-0.2, 0) is 0 Å². The van der Waals surface area contributed by atoms with Crippen molar-refractivity contribution in [2.45, 2.75) is 33.6 Å². The predicted molar refractivity (Wildman–Crippen MR) is 102 cm³/mol. The fourth-order valence-corrected chi connectivity index (χ4v) is 2.84. The minimum atomic E-state index is 0.507. The number of aryl methyl sites for hydroxylation is 3. The Balaban J connectivity index is 1.74. The van der Waals surface area contributed by atoms with E-state index in [2.05, 4.69) is 0 Å². The Morgan fingerprint density at radius 3 is 1.67 bits per heavy atom. The average molecular weight is 388 g/mol. The molecule has 0 saturated heterocycles. The monoisotopic (exact) mass is 386 g/mol. The lowest BCUT2D eigenvalue weighted by Crippen LogP contribution is -2.04. The lowest BCUT2D eigenvalue weighted by atomic mass is 10.1. The predicted octanol–water partition coefficient (Wildman–Crippen LogP) is 6.81. The molecule has 0 unspecified atom stereocenters. The molecule has 0 N–H and O–H groups in total. The third-order valence-corrected chi connectivity index (χ3v) is 4.86. The van der Waals surface area contributed by atoms with Crippen LogP contribution in [0.1, 0.15) is 29.5 Å². The van der Waals surface area contributed by atoms with Crippen LogP contribution >= 0.6 is 34.8 Å². The van der Waals surface area contributed by atoms with E-state index in [1.54, 1.807) is 6.07 Å². The lowest BCUT2D eigenvalue weighted by molar-refractivity contribution is 0.265. The number of ether oxygens (including phenoxy) is 2.